The Balaban J connectivity index is -0.000000810. The van der Waals surface area contributed by atoms with Gasteiger partial charge in [-0.05, 0) is 120 Å². The van der Waals surface area contributed by atoms with Gasteiger partial charge in [-0.25, -0.2) is 9.59 Å². The van der Waals surface area contributed by atoms with Gasteiger partial charge >= 0.3 is 41.5 Å². The van der Waals surface area contributed by atoms with Crippen LogP contribution in [0.3, 0.4) is 0 Å². The van der Waals surface area contributed by atoms with Gasteiger partial charge in [0.1, 0.15) is 13.2 Å². The number of rotatable bonds is 25. The normalized spacial score (nSPS) is 9.74. The molecule has 0 aliphatic heterocycles. The van der Waals surface area contributed by atoms with E-state index < -0.39 is 17.9 Å². The fourth-order valence-electron chi connectivity index (χ4n) is 4.45. The van der Waals surface area contributed by atoms with Crippen LogP contribution >= 0.6 is 0 Å². The molecule has 318 valence electrons. The minimum atomic E-state index is -1.08. The fourth-order valence-corrected chi connectivity index (χ4v) is 4.45. The SMILES string of the molecule is CC(=O)[O-].NCCCCCCN.NCCCCCCNC(=O)c1ccc(C(=O)NCCCCCCN)cc1.O=C(OCCO)c1ccc(C(=O)OCCO)cc1.[Na+]. The number of esters is 2. The van der Waals surface area contributed by atoms with Gasteiger partial charge in [0.15, 0.2) is 0 Å². The number of carboxylic acids is 1. The number of nitrogens with two attached hydrogens (primary N) is 4. The van der Waals surface area contributed by atoms with Gasteiger partial charge in [0.05, 0.1) is 24.3 Å². The maximum atomic E-state index is 12.1. The van der Waals surface area contributed by atoms with Crippen LogP contribution in [0.25, 0.3) is 0 Å². The third-order valence-corrected chi connectivity index (χ3v) is 7.41. The predicted octanol–water partition coefficient (Wildman–Crippen LogP) is -1.61. The standard InChI is InChI=1S/C20H34N4O2.C12H14O6.C6H16N2.C2H4O2.Na/c21-13-5-1-3-7-15-23-19(25)17-9-11-18(12-10-17)20(26)24-16-8-4-2-6-14-22;13-5-7-17-11(15)9-1-2-10(4-3-9)12(16)18-8-6-14;7-5-3-1-2-4-6-8;1-2(3)4;/h9-12H,1-8,13-16,21-22H2,(H,23,25)(H,24,26);1-4,13-14H,5-8H2;1-8H2;1H3,(H,3,4);/q;;;;+1/p-1. The van der Waals surface area contributed by atoms with Crippen molar-refractivity contribution in [1.82, 2.24) is 10.6 Å². The second-order valence-electron chi connectivity index (χ2n) is 12.3. The van der Waals surface area contributed by atoms with Gasteiger partial charge in [-0.1, -0.05) is 38.5 Å². The molecule has 0 saturated carbocycles. The summed E-state index contributed by atoms with van der Waals surface area (Å²) in [6, 6.07) is 12.5. The van der Waals surface area contributed by atoms with Crippen molar-refractivity contribution in [1.29, 1.82) is 0 Å². The number of benzene rings is 2. The average Bonchev–Trinajstić information content (AvgIpc) is 3.20. The van der Waals surface area contributed by atoms with Gasteiger partial charge < -0.3 is 63.2 Å². The zero-order chi connectivity index (χ0) is 42.2. The molecule has 0 fully saturated rings. The Bertz CT molecular complexity index is 1210. The summed E-state index contributed by atoms with van der Waals surface area (Å²) in [4.78, 5) is 55.8. The summed E-state index contributed by atoms with van der Waals surface area (Å²) in [6.07, 6.45) is 13.1. The molecule has 2 amide bonds. The fraction of sp³-hybridized carbons (Fsp3) is 0.575. The number of carbonyl (C=O) groups is 5. The molecule has 0 spiro atoms. The Kier molecular flexibility index (Phi) is 42.8. The molecule has 0 unspecified atom stereocenters. The van der Waals surface area contributed by atoms with Crippen LogP contribution in [-0.4, -0.2) is 106 Å². The first kappa shape index (κ1) is 57.9. The van der Waals surface area contributed by atoms with Crippen LogP contribution in [0.15, 0.2) is 48.5 Å². The molecule has 57 heavy (non-hydrogen) atoms. The van der Waals surface area contributed by atoms with Crippen molar-refractivity contribution in [3.8, 4) is 0 Å². The Morgan fingerprint density at radius 3 is 1.00 bits per heavy atom. The molecule has 12 N–H and O–H groups in total. The molecular formula is C40H67N6NaO10. The molecule has 17 heteroatoms. The predicted molar refractivity (Wildman–Crippen MR) is 215 cm³/mol. The number of ether oxygens (including phenoxy) is 2. The summed E-state index contributed by atoms with van der Waals surface area (Å²) in [6.45, 7) is 4.77. The average molecular weight is 815 g/mol. The van der Waals surface area contributed by atoms with Crippen LogP contribution in [0.2, 0.25) is 0 Å². The Labute approximate surface area is 360 Å². The Morgan fingerprint density at radius 2 is 0.754 bits per heavy atom. The molecule has 0 bridgehead atoms. The van der Waals surface area contributed by atoms with Gasteiger partial charge in [0.25, 0.3) is 11.8 Å². The molecule has 0 aliphatic carbocycles. The molecule has 0 aromatic heterocycles. The second-order valence-corrected chi connectivity index (χ2v) is 12.3. The first-order chi connectivity index (χ1) is 27.0. The van der Waals surface area contributed by atoms with E-state index in [0.717, 1.165) is 97.3 Å². The van der Waals surface area contributed by atoms with Crippen LogP contribution in [0, 0.1) is 0 Å². The van der Waals surface area contributed by atoms with Gasteiger partial charge in [0, 0.05) is 30.2 Å². The van der Waals surface area contributed by atoms with Gasteiger partial charge in [-0.3, -0.25) is 9.59 Å². The quantitative estimate of drug-likeness (QED) is 0.0318. The van der Waals surface area contributed by atoms with Crippen molar-refractivity contribution in [3.05, 3.63) is 70.8 Å². The number of amides is 2. The summed E-state index contributed by atoms with van der Waals surface area (Å²) in [5.41, 5.74) is 23.2. The Morgan fingerprint density at radius 1 is 0.509 bits per heavy atom. The van der Waals surface area contributed by atoms with E-state index in [1.165, 1.54) is 37.1 Å². The van der Waals surface area contributed by atoms with Crippen molar-refractivity contribution in [2.45, 2.75) is 84.0 Å². The molecule has 0 heterocycles. The van der Waals surface area contributed by atoms with E-state index in [1.54, 1.807) is 24.3 Å². The summed E-state index contributed by atoms with van der Waals surface area (Å²) in [5.74, 6) is -2.43. The first-order valence-electron chi connectivity index (χ1n) is 19.3. The summed E-state index contributed by atoms with van der Waals surface area (Å²) < 4.78 is 9.41. The molecule has 0 radical (unpaired) electrons. The molecule has 0 atom stereocenters. The molecule has 2 aromatic carbocycles. The maximum absolute atomic E-state index is 12.1. The number of carbonyl (C=O) groups excluding carboxylic acids is 5. The maximum Gasteiger partial charge on any atom is 1.00 e. The van der Waals surface area contributed by atoms with E-state index in [9.17, 15) is 19.2 Å². The topological polar surface area (TPSA) is 295 Å². The van der Waals surface area contributed by atoms with E-state index in [-0.39, 0.29) is 78.9 Å². The summed E-state index contributed by atoms with van der Waals surface area (Å²) in [7, 11) is 0. The number of aliphatic hydroxyl groups excluding tert-OH is 2. The summed E-state index contributed by atoms with van der Waals surface area (Å²) >= 11 is 0. The molecule has 0 saturated heterocycles. The second kappa shape index (κ2) is 42.2. The van der Waals surface area contributed by atoms with Crippen molar-refractivity contribution in [3.63, 3.8) is 0 Å². The molecule has 0 aliphatic rings. The number of aliphatic hydroxyl groups is 2. The zero-order valence-corrected chi connectivity index (χ0v) is 36.1. The van der Waals surface area contributed by atoms with E-state index in [0.29, 0.717) is 24.2 Å². The molecule has 16 nitrogen and oxygen atoms in total. The van der Waals surface area contributed by atoms with Crippen molar-refractivity contribution in [2.75, 3.05) is 65.7 Å². The van der Waals surface area contributed by atoms with Crippen molar-refractivity contribution < 1.29 is 78.3 Å². The number of carboxylic acid groups (broad SMARTS) is 1. The minimum Gasteiger partial charge on any atom is -0.550 e. The van der Waals surface area contributed by atoms with E-state index in [2.05, 4.69) is 10.6 Å². The van der Waals surface area contributed by atoms with Crippen LogP contribution in [0.4, 0.5) is 0 Å². The van der Waals surface area contributed by atoms with Gasteiger partial charge in [0.2, 0.25) is 0 Å². The monoisotopic (exact) mass is 814 g/mol. The smallest absolute Gasteiger partial charge is 0.550 e. The van der Waals surface area contributed by atoms with E-state index >= 15 is 0 Å². The number of hydrogen-bond acceptors (Lipinski definition) is 14. The third kappa shape index (κ3) is 35.4. The largest absolute Gasteiger partial charge is 1.00 e. The van der Waals surface area contributed by atoms with Crippen LogP contribution < -0.4 is 68.2 Å². The molecule has 2 rings (SSSR count). The minimum absolute atomic E-state index is 0. The Hall–Kier alpha value is -3.45. The van der Waals surface area contributed by atoms with Crippen LogP contribution in [0.5, 0.6) is 0 Å². The number of unbranched alkanes of at least 4 members (excludes halogenated alkanes) is 9. The summed E-state index contributed by atoms with van der Waals surface area (Å²) in [5, 5.41) is 31.7. The van der Waals surface area contributed by atoms with Crippen LogP contribution in [-0.2, 0) is 14.3 Å². The van der Waals surface area contributed by atoms with E-state index in [4.69, 9.17) is 52.5 Å². The van der Waals surface area contributed by atoms with E-state index in [1.807, 2.05) is 0 Å². The number of hydrogen-bond donors (Lipinski definition) is 8. The number of aliphatic carboxylic acids is 1. The van der Waals surface area contributed by atoms with Crippen LogP contribution in [0.1, 0.15) is 125 Å². The first-order valence-corrected chi connectivity index (χ1v) is 19.3. The number of nitrogens with one attached hydrogen (secondary N) is 2. The van der Waals surface area contributed by atoms with Crippen molar-refractivity contribution >= 4 is 29.7 Å². The zero-order valence-electron chi connectivity index (χ0n) is 34.1. The molecular weight excluding hydrogens is 747 g/mol. The molecule has 2 aromatic rings. The van der Waals surface area contributed by atoms with Gasteiger partial charge in [-0.15, -0.1) is 0 Å². The third-order valence-electron chi connectivity index (χ3n) is 7.41. The van der Waals surface area contributed by atoms with Crippen molar-refractivity contribution in [2.24, 2.45) is 22.9 Å². The van der Waals surface area contributed by atoms with Gasteiger partial charge in [-0.2, -0.15) is 0 Å².